The Labute approximate surface area is 112 Å². The monoisotopic (exact) mass is 278 g/mol. The van der Waals surface area contributed by atoms with E-state index in [4.69, 9.17) is 5.11 Å². The van der Waals surface area contributed by atoms with Crippen LogP contribution >= 0.6 is 0 Å². The smallest absolute Gasteiger partial charge is 0.352 e. The third kappa shape index (κ3) is 7.76. The zero-order valence-corrected chi connectivity index (χ0v) is 11.5. The Morgan fingerprint density at radius 3 is 2.26 bits per heavy atom. The van der Waals surface area contributed by atoms with Gasteiger partial charge in [-0.25, -0.2) is 9.59 Å². The molecular formula is C12H22O7. The van der Waals surface area contributed by atoms with E-state index in [1.807, 2.05) is 0 Å². The van der Waals surface area contributed by atoms with Crippen LogP contribution in [-0.4, -0.2) is 34.4 Å². The van der Waals surface area contributed by atoms with Crippen molar-refractivity contribution in [2.24, 2.45) is 5.92 Å². The van der Waals surface area contributed by atoms with E-state index in [0.29, 0.717) is 12.8 Å². The van der Waals surface area contributed by atoms with Crippen LogP contribution in [0.5, 0.6) is 0 Å². The predicted octanol–water partition coefficient (Wildman–Crippen LogP) is 0.877. The number of carbonyl (C=O) groups is 2. The lowest BCUT2D eigenvalue weighted by atomic mass is 9.95. The van der Waals surface area contributed by atoms with Gasteiger partial charge in [-0.15, -0.1) is 0 Å². The van der Waals surface area contributed by atoms with Gasteiger partial charge in [0, 0.05) is 11.5 Å². The summed E-state index contributed by atoms with van der Waals surface area (Å²) in [5.41, 5.74) is 0. The molecule has 0 radical (unpaired) electrons. The van der Waals surface area contributed by atoms with Crippen molar-refractivity contribution >= 4 is 11.9 Å². The number of carbonyl (C=O) groups excluding carboxylic acids is 2. The summed E-state index contributed by atoms with van der Waals surface area (Å²) in [7, 11) is 0. The van der Waals surface area contributed by atoms with Crippen LogP contribution < -0.4 is 0 Å². The number of aliphatic hydroxyl groups is 2. The highest BCUT2D eigenvalue weighted by Gasteiger charge is 2.29. The molecular weight excluding hydrogens is 256 g/mol. The number of aliphatic hydroxyl groups excluding tert-OH is 2. The van der Waals surface area contributed by atoms with Gasteiger partial charge in [-0.1, -0.05) is 13.8 Å². The van der Waals surface area contributed by atoms with Gasteiger partial charge in [-0.3, -0.25) is 9.78 Å². The normalized spacial score (nSPS) is 15.4. The Hall–Kier alpha value is -1.18. The molecule has 0 fully saturated rings. The van der Waals surface area contributed by atoms with Crippen LogP contribution in [0.15, 0.2) is 0 Å². The standard InChI is InChI=1S/C12H22O7/c1-4-6-11(15)17-19-18-12(16)9(5-2)10(14)7-8(3)13/h8-10,13-14H,4-7H2,1-3H3. The van der Waals surface area contributed by atoms with Crippen molar-refractivity contribution in [1.29, 1.82) is 0 Å². The Kier molecular flexibility index (Phi) is 9.11. The largest absolute Gasteiger partial charge is 0.393 e. The third-order valence-electron chi connectivity index (χ3n) is 2.49. The van der Waals surface area contributed by atoms with Gasteiger partial charge in [0.25, 0.3) is 0 Å². The summed E-state index contributed by atoms with van der Waals surface area (Å²) in [6, 6.07) is 0. The summed E-state index contributed by atoms with van der Waals surface area (Å²) in [6.07, 6.45) is -0.699. The molecule has 0 heterocycles. The second-order valence-corrected chi connectivity index (χ2v) is 4.34. The van der Waals surface area contributed by atoms with Gasteiger partial charge in [0.2, 0.25) is 0 Å². The lowest BCUT2D eigenvalue weighted by molar-refractivity contribution is -0.461. The van der Waals surface area contributed by atoms with E-state index in [1.54, 1.807) is 13.8 Å². The minimum atomic E-state index is -1.05. The quantitative estimate of drug-likeness (QED) is 0.476. The fourth-order valence-electron chi connectivity index (χ4n) is 1.51. The van der Waals surface area contributed by atoms with Crippen LogP contribution in [0.1, 0.15) is 46.5 Å². The SMILES string of the molecule is CCCC(=O)OOOC(=O)C(CC)C(O)CC(C)O. The van der Waals surface area contributed by atoms with Crippen molar-refractivity contribution < 1.29 is 34.6 Å². The molecule has 0 aliphatic heterocycles. The molecule has 19 heavy (non-hydrogen) atoms. The zero-order valence-electron chi connectivity index (χ0n) is 11.5. The Bertz CT molecular complexity index is 277. The molecule has 0 aromatic rings. The average molecular weight is 278 g/mol. The van der Waals surface area contributed by atoms with E-state index in [2.05, 4.69) is 14.8 Å². The van der Waals surface area contributed by atoms with Gasteiger partial charge in [0.1, 0.15) is 0 Å². The average Bonchev–Trinajstić information content (AvgIpc) is 2.29. The minimum absolute atomic E-state index is 0.0449. The van der Waals surface area contributed by atoms with Gasteiger partial charge < -0.3 is 10.2 Å². The van der Waals surface area contributed by atoms with Gasteiger partial charge in [-0.05, 0) is 26.2 Å². The summed E-state index contributed by atoms with van der Waals surface area (Å²) < 4.78 is 0. The predicted molar refractivity (Wildman–Crippen MR) is 64.3 cm³/mol. The molecule has 3 atom stereocenters. The third-order valence-corrected chi connectivity index (χ3v) is 2.49. The van der Waals surface area contributed by atoms with Crippen molar-refractivity contribution in [3.05, 3.63) is 0 Å². The molecule has 0 saturated heterocycles. The first-order valence-electron chi connectivity index (χ1n) is 6.36. The second-order valence-electron chi connectivity index (χ2n) is 4.34. The summed E-state index contributed by atoms with van der Waals surface area (Å²) in [6.45, 7) is 4.97. The molecule has 0 amide bonds. The first-order chi connectivity index (χ1) is 8.92. The summed E-state index contributed by atoms with van der Waals surface area (Å²) in [5.74, 6) is -2.34. The fourth-order valence-corrected chi connectivity index (χ4v) is 1.51. The topological polar surface area (TPSA) is 102 Å². The molecule has 0 aromatic carbocycles. The molecule has 2 N–H and O–H groups in total. The maximum Gasteiger partial charge on any atom is 0.352 e. The van der Waals surface area contributed by atoms with Crippen LogP contribution in [0, 0.1) is 5.92 Å². The molecule has 7 heteroatoms. The Morgan fingerprint density at radius 1 is 1.16 bits per heavy atom. The summed E-state index contributed by atoms with van der Waals surface area (Å²) >= 11 is 0. The van der Waals surface area contributed by atoms with Crippen LogP contribution in [0.25, 0.3) is 0 Å². The maximum atomic E-state index is 11.6. The molecule has 0 aromatic heterocycles. The van der Waals surface area contributed by atoms with Crippen molar-refractivity contribution in [2.45, 2.75) is 58.7 Å². The lowest BCUT2D eigenvalue weighted by Crippen LogP contribution is -2.32. The van der Waals surface area contributed by atoms with Crippen molar-refractivity contribution in [1.82, 2.24) is 0 Å². The molecule has 7 nitrogen and oxygen atoms in total. The molecule has 112 valence electrons. The number of hydrogen-bond acceptors (Lipinski definition) is 7. The van der Waals surface area contributed by atoms with Crippen molar-refractivity contribution in [2.75, 3.05) is 0 Å². The second kappa shape index (κ2) is 9.71. The first kappa shape index (κ1) is 17.8. The Balaban J connectivity index is 4.11. The van der Waals surface area contributed by atoms with Gasteiger partial charge >= 0.3 is 11.9 Å². The molecule has 3 unspecified atom stereocenters. The lowest BCUT2D eigenvalue weighted by Gasteiger charge is -2.19. The highest BCUT2D eigenvalue weighted by atomic mass is 17.5. The minimum Gasteiger partial charge on any atom is -0.393 e. The van der Waals surface area contributed by atoms with E-state index >= 15 is 0 Å². The molecule has 0 aliphatic rings. The maximum absolute atomic E-state index is 11.6. The van der Waals surface area contributed by atoms with E-state index in [0.717, 1.165) is 0 Å². The van der Waals surface area contributed by atoms with Crippen molar-refractivity contribution in [3.63, 3.8) is 0 Å². The molecule has 0 saturated carbocycles. The van der Waals surface area contributed by atoms with Gasteiger partial charge in [0.05, 0.1) is 18.1 Å². The summed E-state index contributed by atoms with van der Waals surface area (Å²) in [5, 5.41) is 22.9. The highest BCUT2D eigenvalue weighted by Crippen LogP contribution is 2.16. The van der Waals surface area contributed by atoms with E-state index < -0.39 is 30.1 Å². The molecule has 0 rings (SSSR count). The van der Waals surface area contributed by atoms with Gasteiger partial charge in [0.15, 0.2) is 0 Å². The number of rotatable bonds is 9. The first-order valence-corrected chi connectivity index (χ1v) is 6.36. The highest BCUT2D eigenvalue weighted by molar-refractivity contribution is 5.72. The van der Waals surface area contributed by atoms with Crippen molar-refractivity contribution in [3.8, 4) is 0 Å². The zero-order chi connectivity index (χ0) is 14.8. The van der Waals surface area contributed by atoms with E-state index in [1.165, 1.54) is 6.92 Å². The van der Waals surface area contributed by atoms with E-state index in [9.17, 15) is 14.7 Å². The van der Waals surface area contributed by atoms with E-state index in [-0.39, 0.29) is 12.8 Å². The van der Waals surface area contributed by atoms with Crippen LogP contribution in [0.2, 0.25) is 0 Å². The summed E-state index contributed by atoms with van der Waals surface area (Å²) in [4.78, 5) is 31.0. The van der Waals surface area contributed by atoms with Crippen LogP contribution in [-0.2, 0) is 24.4 Å². The fraction of sp³-hybridized carbons (Fsp3) is 0.833. The number of hydrogen-bond donors (Lipinski definition) is 2. The van der Waals surface area contributed by atoms with Crippen LogP contribution in [0.4, 0.5) is 0 Å². The Morgan fingerprint density at radius 2 is 1.79 bits per heavy atom. The molecule has 0 aliphatic carbocycles. The van der Waals surface area contributed by atoms with Crippen LogP contribution in [0.3, 0.4) is 0 Å². The molecule has 0 bridgehead atoms. The molecule has 0 spiro atoms. The van der Waals surface area contributed by atoms with Gasteiger partial charge in [-0.2, -0.15) is 0 Å².